The summed E-state index contributed by atoms with van der Waals surface area (Å²) in [6.07, 6.45) is 4.79. The maximum absolute atomic E-state index is 12.3. The van der Waals surface area contributed by atoms with Crippen LogP contribution in [0, 0.1) is 16.6 Å². The van der Waals surface area contributed by atoms with E-state index in [9.17, 15) is 4.21 Å². The van der Waals surface area contributed by atoms with Gasteiger partial charge in [0.2, 0.25) is 0 Å². The summed E-state index contributed by atoms with van der Waals surface area (Å²) >= 11 is 2.00. The van der Waals surface area contributed by atoms with Crippen LogP contribution in [0.15, 0.2) is 23.1 Å². The fraction of sp³-hybridized carbons (Fsp3) is 0.647. The maximum atomic E-state index is 12.3. The van der Waals surface area contributed by atoms with Gasteiger partial charge in [-0.05, 0) is 60.3 Å². The van der Waals surface area contributed by atoms with Gasteiger partial charge in [-0.25, -0.2) is 8.99 Å². The summed E-state index contributed by atoms with van der Waals surface area (Å²) in [5.74, 6) is 4.17. The van der Waals surface area contributed by atoms with Crippen molar-refractivity contribution < 1.29 is 8.95 Å². The average Bonchev–Trinajstić information content (AvgIpc) is 2.45. The second-order valence-electron chi connectivity index (χ2n) is 6.59. The van der Waals surface area contributed by atoms with Gasteiger partial charge in [-0.1, -0.05) is 19.9 Å². The van der Waals surface area contributed by atoms with Crippen molar-refractivity contribution in [2.45, 2.75) is 38.0 Å². The molecule has 1 saturated heterocycles. The zero-order valence-electron chi connectivity index (χ0n) is 13.8. The van der Waals surface area contributed by atoms with Crippen LogP contribution in [0.25, 0.3) is 0 Å². The Morgan fingerprint density at radius 3 is 2.64 bits per heavy atom. The lowest BCUT2D eigenvalue weighted by Crippen LogP contribution is -2.18. The summed E-state index contributed by atoms with van der Waals surface area (Å²) < 4.78 is 26.2. The van der Waals surface area contributed by atoms with Crippen molar-refractivity contribution in [3.05, 3.63) is 23.8 Å². The van der Waals surface area contributed by atoms with E-state index in [-0.39, 0.29) is 0 Å². The molecule has 1 heterocycles. The summed E-state index contributed by atoms with van der Waals surface area (Å²) in [6.45, 7) is 5.00. The number of ether oxygens (including phenoxy) is 1. The predicted octanol–water partition coefficient (Wildman–Crippen LogP) is 4.44. The van der Waals surface area contributed by atoms with E-state index in [0.717, 1.165) is 12.0 Å². The average molecular weight is 342 g/mol. The third kappa shape index (κ3) is 5.20. The predicted molar refractivity (Wildman–Crippen MR) is 95.6 cm³/mol. The number of hydrogen-bond acceptors (Lipinski definition) is 4. The Morgan fingerprint density at radius 2 is 2.05 bits per heavy atom. The van der Waals surface area contributed by atoms with Gasteiger partial charge < -0.3 is 4.74 Å². The third-order valence-electron chi connectivity index (χ3n) is 3.89. The highest BCUT2D eigenvalue weighted by Crippen LogP contribution is 2.29. The van der Waals surface area contributed by atoms with Crippen LogP contribution in [-0.4, -0.2) is 28.6 Å². The van der Waals surface area contributed by atoms with Crippen molar-refractivity contribution >= 4 is 21.5 Å². The van der Waals surface area contributed by atoms with Crippen molar-refractivity contribution in [3.63, 3.8) is 0 Å². The molecule has 1 aromatic rings. The lowest BCUT2D eigenvalue weighted by Gasteiger charge is -2.22. The Bertz CT molecular complexity index is 591. The molecule has 3 nitrogen and oxygen atoms in total. The minimum atomic E-state index is -2.77. The zero-order chi connectivity index (χ0) is 16.2. The SMILES string of the molecule is CC(C)Cc1ccc(OCC2CCSCC2)c(S(C)(=N)=O)c1. The zero-order valence-corrected chi connectivity index (χ0v) is 15.4. The molecule has 0 saturated carbocycles. The van der Waals surface area contributed by atoms with Gasteiger partial charge in [-0.2, -0.15) is 11.8 Å². The van der Waals surface area contributed by atoms with Gasteiger partial charge in [-0.15, -0.1) is 0 Å². The minimum absolute atomic E-state index is 0.540. The van der Waals surface area contributed by atoms with Gasteiger partial charge in [0.15, 0.2) is 0 Å². The second-order valence-corrected chi connectivity index (χ2v) is 9.94. The molecule has 1 fully saturated rings. The van der Waals surface area contributed by atoms with E-state index >= 15 is 0 Å². The first-order valence-electron chi connectivity index (χ1n) is 7.93. The van der Waals surface area contributed by atoms with Crippen LogP contribution in [0.2, 0.25) is 0 Å². The number of rotatable bonds is 6. The molecule has 1 aromatic carbocycles. The Balaban J connectivity index is 2.15. The highest BCUT2D eigenvalue weighted by molar-refractivity contribution is 7.99. The van der Waals surface area contributed by atoms with Crippen LogP contribution in [0.4, 0.5) is 0 Å². The van der Waals surface area contributed by atoms with E-state index < -0.39 is 9.73 Å². The van der Waals surface area contributed by atoms with Crippen LogP contribution in [0.3, 0.4) is 0 Å². The minimum Gasteiger partial charge on any atom is -0.492 e. The fourth-order valence-corrected chi connectivity index (χ4v) is 4.79. The van der Waals surface area contributed by atoms with E-state index in [1.165, 1.54) is 30.6 Å². The third-order valence-corrected chi connectivity index (χ3v) is 6.09. The summed E-state index contributed by atoms with van der Waals surface area (Å²) in [5.41, 5.74) is 1.13. The molecule has 5 heteroatoms. The van der Waals surface area contributed by atoms with E-state index in [1.807, 2.05) is 30.0 Å². The lowest BCUT2D eigenvalue weighted by atomic mass is 10.0. The van der Waals surface area contributed by atoms with Crippen molar-refractivity contribution in [1.29, 1.82) is 4.78 Å². The molecule has 1 atom stereocenters. The topological polar surface area (TPSA) is 50.1 Å². The van der Waals surface area contributed by atoms with Crippen LogP contribution in [0.5, 0.6) is 5.75 Å². The van der Waals surface area contributed by atoms with Gasteiger partial charge in [-0.3, -0.25) is 0 Å². The molecule has 0 spiro atoms. The molecule has 1 N–H and O–H groups in total. The molecular weight excluding hydrogens is 314 g/mol. The van der Waals surface area contributed by atoms with Crippen molar-refractivity contribution in [3.8, 4) is 5.75 Å². The summed E-state index contributed by atoms with van der Waals surface area (Å²) in [5, 5.41) is 0. The number of nitrogens with one attached hydrogen (secondary N) is 1. The van der Waals surface area contributed by atoms with E-state index in [4.69, 9.17) is 9.52 Å². The van der Waals surface area contributed by atoms with Gasteiger partial charge in [0, 0.05) is 6.26 Å². The Labute approximate surface area is 139 Å². The Kier molecular flexibility index (Phi) is 6.21. The van der Waals surface area contributed by atoms with Crippen LogP contribution >= 0.6 is 11.8 Å². The van der Waals surface area contributed by atoms with Crippen molar-refractivity contribution in [2.75, 3.05) is 24.4 Å². The summed E-state index contributed by atoms with van der Waals surface area (Å²) in [4.78, 5) is 0.552. The number of thioether (sulfide) groups is 1. The van der Waals surface area contributed by atoms with Crippen molar-refractivity contribution in [1.82, 2.24) is 0 Å². The van der Waals surface area contributed by atoms with Crippen LogP contribution in [0.1, 0.15) is 32.3 Å². The molecule has 0 radical (unpaired) electrons. The first kappa shape index (κ1) is 17.7. The Morgan fingerprint density at radius 1 is 1.36 bits per heavy atom. The summed E-state index contributed by atoms with van der Waals surface area (Å²) in [6, 6.07) is 5.85. The molecule has 0 amide bonds. The normalized spacial score (nSPS) is 19.1. The van der Waals surface area contributed by atoms with Gasteiger partial charge in [0.05, 0.1) is 21.2 Å². The van der Waals surface area contributed by atoms with Crippen LogP contribution < -0.4 is 4.74 Å². The number of hydrogen-bond donors (Lipinski definition) is 1. The second kappa shape index (κ2) is 7.73. The quantitative estimate of drug-likeness (QED) is 0.832. The van der Waals surface area contributed by atoms with Crippen LogP contribution in [-0.2, 0) is 16.1 Å². The summed E-state index contributed by atoms with van der Waals surface area (Å²) in [7, 11) is -2.77. The lowest BCUT2D eigenvalue weighted by molar-refractivity contribution is 0.235. The van der Waals surface area contributed by atoms with E-state index in [0.29, 0.717) is 29.1 Å². The van der Waals surface area contributed by atoms with Crippen molar-refractivity contribution in [2.24, 2.45) is 11.8 Å². The molecular formula is C17H27NO2S2. The molecule has 2 rings (SSSR count). The molecule has 0 aliphatic carbocycles. The molecule has 0 bridgehead atoms. The first-order valence-corrected chi connectivity index (χ1v) is 11.1. The molecule has 1 unspecified atom stereocenters. The highest BCUT2D eigenvalue weighted by Gasteiger charge is 2.17. The van der Waals surface area contributed by atoms with E-state index in [2.05, 4.69) is 13.8 Å². The molecule has 22 heavy (non-hydrogen) atoms. The Hall–Kier alpha value is -0.680. The maximum Gasteiger partial charge on any atom is 0.136 e. The molecule has 1 aliphatic rings. The standard InChI is InChI=1S/C17H27NO2S2/c1-13(2)10-15-4-5-16(17(11-15)22(3,18)19)20-12-14-6-8-21-9-7-14/h4-5,11,13-14,18H,6-10,12H2,1-3H3. The highest BCUT2D eigenvalue weighted by atomic mass is 32.2. The molecule has 124 valence electrons. The monoisotopic (exact) mass is 341 g/mol. The van der Waals surface area contributed by atoms with Gasteiger partial charge in [0.1, 0.15) is 5.75 Å². The van der Waals surface area contributed by atoms with E-state index in [1.54, 1.807) is 0 Å². The van der Waals surface area contributed by atoms with Gasteiger partial charge >= 0.3 is 0 Å². The molecule has 1 aliphatic heterocycles. The number of benzene rings is 1. The fourth-order valence-electron chi connectivity index (χ4n) is 2.70. The van der Waals surface area contributed by atoms with Gasteiger partial charge in [0.25, 0.3) is 0 Å². The largest absolute Gasteiger partial charge is 0.492 e. The first-order chi connectivity index (χ1) is 10.4. The smallest absolute Gasteiger partial charge is 0.136 e. The molecule has 0 aromatic heterocycles.